The van der Waals surface area contributed by atoms with Crippen LogP contribution in [0.4, 0.5) is 4.39 Å². The first-order valence-corrected chi connectivity index (χ1v) is 7.60. The lowest BCUT2D eigenvalue weighted by Gasteiger charge is -2.15. The summed E-state index contributed by atoms with van der Waals surface area (Å²) < 4.78 is 18.7. The third-order valence-corrected chi connectivity index (χ3v) is 3.73. The van der Waals surface area contributed by atoms with E-state index >= 15 is 0 Å². The third-order valence-electron chi connectivity index (χ3n) is 2.99. The Morgan fingerprint density at radius 1 is 1.08 bits per heavy atom. The minimum Gasteiger partial charge on any atom is -0.478 e. The molecule has 0 saturated heterocycles. The molecule has 1 atom stereocenters. The number of hydrazine groups is 1. The van der Waals surface area contributed by atoms with E-state index in [1.165, 1.54) is 43.3 Å². The van der Waals surface area contributed by atoms with Gasteiger partial charge in [-0.2, -0.15) is 0 Å². The SMILES string of the molecule is C[C@@H](Oc1ccccc1F)C(=O)NNC(=O)c1ccc(Cl)c(Cl)c1. The molecule has 0 radical (unpaired) electrons. The van der Waals surface area contributed by atoms with Crippen LogP contribution >= 0.6 is 23.2 Å². The number of hydrogen-bond donors (Lipinski definition) is 2. The Kier molecular flexibility index (Phi) is 6.00. The zero-order valence-corrected chi connectivity index (χ0v) is 14.0. The van der Waals surface area contributed by atoms with Crippen molar-refractivity contribution in [3.8, 4) is 5.75 Å². The Morgan fingerprint density at radius 2 is 1.79 bits per heavy atom. The van der Waals surface area contributed by atoms with Gasteiger partial charge in [0.05, 0.1) is 10.0 Å². The molecule has 2 aromatic carbocycles. The van der Waals surface area contributed by atoms with Gasteiger partial charge in [-0.05, 0) is 37.3 Å². The van der Waals surface area contributed by atoms with Crippen molar-refractivity contribution in [2.45, 2.75) is 13.0 Å². The molecule has 8 heteroatoms. The molecule has 0 heterocycles. The van der Waals surface area contributed by atoms with Gasteiger partial charge in [-0.1, -0.05) is 35.3 Å². The molecule has 126 valence electrons. The first kappa shape index (κ1) is 18.0. The highest BCUT2D eigenvalue weighted by Gasteiger charge is 2.17. The zero-order valence-electron chi connectivity index (χ0n) is 12.5. The second-order valence-electron chi connectivity index (χ2n) is 4.76. The van der Waals surface area contributed by atoms with Crippen molar-refractivity contribution < 1.29 is 18.7 Å². The Labute approximate surface area is 147 Å². The molecule has 0 saturated carbocycles. The van der Waals surface area contributed by atoms with Gasteiger partial charge in [-0.3, -0.25) is 20.4 Å². The van der Waals surface area contributed by atoms with Crippen molar-refractivity contribution in [3.05, 3.63) is 63.9 Å². The molecule has 0 unspecified atom stereocenters. The van der Waals surface area contributed by atoms with E-state index in [9.17, 15) is 14.0 Å². The fraction of sp³-hybridized carbons (Fsp3) is 0.125. The first-order chi connectivity index (χ1) is 11.4. The number of hydrogen-bond acceptors (Lipinski definition) is 3. The van der Waals surface area contributed by atoms with Crippen LogP contribution in [0.3, 0.4) is 0 Å². The minimum atomic E-state index is -1.02. The normalized spacial score (nSPS) is 11.5. The Bertz CT molecular complexity index is 771. The predicted octanol–water partition coefficient (Wildman–Crippen LogP) is 3.36. The van der Waals surface area contributed by atoms with Crippen molar-refractivity contribution in [1.29, 1.82) is 0 Å². The van der Waals surface area contributed by atoms with Crippen LogP contribution in [0.5, 0.6) is 5.75 Å². The smallest absolute Gasteiger partial charge is 0.279 e. The van der Waals surface area contributed by atoms with Crippen molar-refractivity contribution in [2.75, 3.05) is 0 Å². The van der Waals surface area contributed by atoms with E-state index in [1.54, 1.807) is 6.07 Å². The van der Waals surface area contributed by atoms with E-state index in [2.05, 4.69) is 10.9 Å². The van der Waals surface area contributed by atoms with Crippen molar-refractivity contribution in [1.82, 2.24) is 10.9 Å². The monoisotopic (exact) mass is 370 g/mol. The summed E-state index contributed by atoms with van der Waals surface area (Å²) in [6.07, 6.45) is -1.02. The third kappa shape index (κ3) is 4.59. The van der Waals surface area contributed by atoms with Gasteiger partial charge in [0.25, 0.3) is 11.8 Å². The molecule has 2 rings (SSSR count). The summed E-state index contributed by atoms with van der Waals surface area (Å²) in [5.41, 5.74) is 4.62. The fourth-order valence-electron chi connectivity index (χ4n) is 1.71. The van der Waals surface area contributed by atoms with Crippen LogP contribution in [0.1, 0.15) is 17.3 Å². The largest absolute Gasteiger partial charge is 0.478 e. The maximum atomic E-state index is 13.5. The van der Waals surface area contributed by atoms with Gasteiger partial charge in [0.2, 0.25) is 0 Å². The van der Waals surface area contributed by atoms with Crippen LogP contribution in [0.15, 0.2) is 42.5 Å². The van der Waals surface area contributed by atoms with Crippen LogP contribution in [0.2, 0.25) is 10.0 Å². The summed E-state index contributed by atoms with van der Waals surface area (Å²) in [7, 11) is 0. The molecule has 0 fully saturated rings. The van der Waals surface area contributed by atoms with E-state index in [-0.39, 0.29) is 16.3 Å². The van der Waals surface area contributed by atoms with Crippen molar-refractivity contribution >= 4 is 35.0 Å². The van der Waals surface area contributed by atoms with Crippen LogP contribution in [0, 0.1) is 5.82 Å². The molecule has 24 heavy (non-hydrogen) atoms. The molecule has 0 aliphatic heterocycles. The molecule has 2 amide bonds. The summed E-state index contributed by atoms with van der Waals surface area (Å²) in [6.45, 7) is 1.42. The highest BCUT2D eigenvalue weighted by atomic mass is 35.5. The molecule has 0 bridgehead atoms. The van der Waals surface area contributed by atoms with E-state index in [1.807, 2.05) is 0 Å². The van der Waals surface area contributed by atoms with E-state index in [0.29, 0.717) is 5.02 Å². The summed E-state index contributed by atoms with van der Waals surface area (Å²) in [6, 6.07) is 9.98. The molecule has 0 aromatic heterocycles. The van der Waals surface area contributed by atoms with Crippen LogP contribution in [-0.2, 0) is 4.79 Å². The van der Waals surface area contributed by atoms with E-state index in [0.717, 1.165) is 0 Å². The summed E-state index contributed by atoms with van der Waals surface area (Å²) in [5.74, 6) is -1.88. The molecule has 0 aliphatic rings. The van der Waals surface area contributed by atoms with Crippen molar-refractivity contribution in [2.24, 2.45) is 0 Å². The van der Waals surface area contributed by atoms with Crippen LogP contribution < -0.4 is 15.6 Å². The number of halogens is 3. The summed E-state index contributed by atoms with van der Waals surface area (Å²) in [5, 5.41) is 0.524. The average Bonchev–Trinajstić information content (AvgIpc) is 2.56. The molecule has 0 aliphatic carbocycles. The second-order valence-corrected chi connectivity index (χ2v) is 5.58. The number of carbonyl (C=O) groups is 2. The number of ether oxygens (including phenoxy) is 1. The predicted molar refractivity (Wildman–Crippen MR) is 88.6 cm³/mol. The lowest BCUT2D eigenvalue weighted by Crippen LogP contribution is -2.47. The number of rotatable bonds is 4. The molecule has 2 aromatic rings. The zero-order chi connectivity index (χ0) is 17.7. The Balaban J connectivity index is 1.91. The van der Waals surface area contributed by atoms with Gasteiger partial charge < -0.3 is 4.74 Å². The van der Waals surface area contributed by atoms with Crippen LogP contribution in [0.25, 0.3) is 0 Å². The van der Waals surface area contributed by atoms with Crippen LogP contribution in [-0.4, -0.2) is 17.9 Å². The van der Waals surface area contributed by atoms with Crippen molar-refractivity contribution in [3.63, 3.8) is 0 Å². The highest BCUT2D eigenvalue weighted by molar-refractivity contribution is 6.42. The Morgan fingerprint density at radius 3 is 2.46 bits per heavy atom. The number of amides is 2. The van der Waals surface area contributed by atoms with Gasteiger partial charge in [0.1, 0.15) is 0 Å². The fourth-order valence-corrected chi connectivity index (χ4v) is 2.01. The molecule has 5 nitrogen and oxygen atoms in total. The highest BCUT2D eigenvalue weighted by Crippen LogP contribution is 2.22. The van der Waals surface area contributed by atoms with Gasteiger partial charge in [-0.15, -0.1) is 0 Å². The first-order valence-electron chi connectivity index (χ1n) is 6.85. The minimum absolute atomic E-state index is 0.0593. The summed E-state index contributed by atoms with van der Waals surface area (Å²) in [4.78, 5) is 23.8. The Hall–Kier alpha value is -2.31. The number of carbonyl (C=O) groups excluding carboxylic acids is 2. The van der Waals surface area contributed by atoms with E-state index in [4.69, 9.17) is 27.9 Å². The van der Waals surface area contributed by atoms with Gasteiger partial charge in [0, 0.05) is 5.56 Å². The van der Waals surface area contributed by atoms with Gasteiger partial charge in [0.15, 0.2) is 17.7 Å². The summed E-state index contributed by atoms with van der Waals surface area (Å²) >= 11 is 11.6. The molecule has 2 N–H and O–H groups in total. The maximum absolute atomic E-state index is 13.5. The standard InChI is InChI=1S/C16H13Cl2FN2O3/c1-9(24-14-5-3-2-4-13(14)19)15(22)20-21-16(23)10-6-7-11(17)12(18)8-10/h2-9H,1H3,(H,20,22)(H,21,23)/t9-/m1/s1. The molecular weight excluding hydrogens is 358 g/mol. The lowest BCUT2D eigenvalue weighted by atomic mass is 10.2. The number of nitrogens with one attached hydrogen (secondary N) is 2. The number of benzene rings is 2. The lowest BCUT2D eigenvalue weighted by molar-refractivity contribution is -0.128. The van der Waals surface area contributed by atoms with Gasteiger partial charge >= 0.3 is 0 Å². The number of para-hydroxylation sites is 1. The molecular formula is C16H13Cl2FN2O3. The quantitative estimate of drug-likeness (QED) is 0.810. The van der Waals surface area contributed by atoms with E-state index < -0.39 is 23.7 Å². The average molecular weight is 371 g/mol. The topological polar surface area (TPSA) is 67.4 Å². The second kappa shape index (κ2) is 7.99. The van der Waals surface area contributed by atoms with Gasteiger partial charge in [-0.25, -0.2) is 4.39 Å². The molecule has 0 spiro atoms. The maximum Gasteiger partial charge on any atom is 0.279 e.